The van der Waals surface area contributed by atoms with Gasteiger partial charge in [-0.2, -0.15) is 5.26 Å². The van der Waals surface area contributed by atoms with Crippen LogP contribution in [0.15, 0.2) is 47.1 Å². The summed E-state index contributed by atoms with van der Waals surface area (Å²) < 4.78 is 5.19. The zero-order valence-corrected chi connectivity index (χ0v) is 14.5. The molecule has 0 spiro atoms. The first-order valence-electron chi connectivity index (χ1n) is 8.55. The van der Waals surface area contributed by atoms with E-state index in [2.05, 4.69) is 11.0 Å². The smallest absolute Gasteiger partial charge is 0.289 e. The molecule has 1 fully saturated rings. The van der Waals surface area contributed by atoms with Crippen molar-refractivity contribution >= 4 is 22.6 Å². The fourth-order valence-electron chi connectivity index (χ4n) is 3.29. The van der Waals surface area contributed by atoms with E-state index in [-0.39, 0.29) is 5.91 Å². The van der Waals surface area contributed by atoms with Crippen LogP contribution in [0.4, 0.5) is 5.82 Å². The summed E-state index contributed by atoms with van der Waals surface area (Å²) in [5, 5.41) is 10.5. The van der Waals surface area contributed by atoms with Gasteiger partial charge in [-0.05, 0) is 37.3 Å². The maximum atomic E-state index is 12.4. The number of amides is 1. The summed E-state index contributed by atoms with van der Waals surface area (Å²) >= 11 is 0. The molecule has 26 heavy (non-hydrogen) atoms. The Bertz CT molecular complexity index is 997. The molecule has 0 radical (unpaired) electrons. The number of fused-ring (bicyclic) bond motifs is 1. The number of carbonyl (C=O) groups excluding carboxylic acids is 1. The molecule has 0 atom stereocenters. The summed E-state index contributed by atoms with van der Waals surface area (Å²) in [6.07, 6.45) is 1.50. The van der Waals surface area contributed by atoms with Crippen molar-refractivity contribution in [2.24, 2.45) is 0 Å². The molecule has 0 N–H and O–H groups in total. The van der Waals surface area contributed by atoms with E-state index < -0.39 is 0 Å². The lowest BCUT2D eigenvalue weighted by Gasteiger charge is -2.35. The third-order valence-electron chi connectivity index (χ3n) is 4.67. The number of pyridine rings is 1. The van der Waals surface area contributed by atoms with Gasteiger partial charge in [-0.15, -0.1) is 0 Å². The van der Waals surface area contributed by atoms with Gasteiger partial charge in [0.15, 0.2) is 5.76 Å². The first-order valence-corrected chi connectivity index (χ1v) is 8.55. The number of carbonyl (C=O) groups is 1. The van der Waals surface area contributed by atoms with E-state index in [1.807, 2.05) is 31.2 Å². The van der Waals surface area contributed by atoms with E-state index in [0.29, 0.717) is 43.3 Å². The molecular formula is C20H18N4O2. The molecule has 0 unspecified atom stereocenters. The number of anilines is 1. The number of piperazine rings is 1. The minimum atomic E-state index is -0.0999. The van der Waals surface area contributed by atoms with E-state index in [4.69, 9.17) is 9.40 Å². The molecule has 1 aliphatic rings. The van der Waals surface area contributed by atoms with Crippen molar-refractivity contribution in [1.29, 1.82) is 5.26 Å². The van der Waals surface area contributed by atoms with Crippen molar-refractivity contribution in [3.05, 3.63) is 59.5 Å². The molecule has 1 amide bonds. The summed E-state index contributed by atoms with van der Waals surface area (Å²) in [5.74, 6) is 0.946. The van der Waals surface area contributed by atoms with Gasteiger partial charge in [0.2, 0.25) is 0 Å². The van der Waals surface area contributed by atoms with Crippen LogP contribution in [0, 0.1) is 18.3 Å². The second-order valence-electron chi connectivity index (χ2n) is 6.42. The van der Waals surface area contributed by atoms with Crippen LogP contribution in [0.1, 0.15) is 21.7 Å². The Morgan fingerprint density at radius 3 is 2.69 bits per heavy atom. The van der Waals surface area contributed by atoms with Gasteiger partial charge in [0.1, 0.15) is 11.9 Å². The summed E-state index contributed by atoms with van der Waals surface area (Å²) in [4.78, 5) is 20.9. The van der Waals surface area contributed by atoms with Gasteiger partial charge in [0.05, 0.1) is 17.3 Å². The van der Waals surface area contributed by atoms with E-state index in [0.717, 1.165) is 16.5 Å². The van der Waals surface area contributed by atoms with E-state index in [1.165, 1.54) is 6.26 Å². The molecule has 3 aromatic rings. The van der Waals surface area contributed by atoms with Crippen molar-refractivity contribution in [2.45, 2.75) is 6.92 Å². The fourth-order valence-corrected chi connectivity index (χ4v) is 3.29. The molecule has 1 aromatic carbocycles. The summed E-state index contributed by atoms with van der Waals surface area (Å²) in [7, 11) is 0. The number of nitrogens with zero attached hydrogens (tertiary/aromatic N) is 4. The third kappa shape index (κ3) is 2.88. The number of furan rings is 1. The monoisotopic (exact) mass is 346 g/mol. The van der Waals surface area contributed by atoms with Gasteiger partial charge in [-0.3, -0.25) is 4.79 Å². The van der Waals surface area contributed by atoms with Crippen LogP contribution in [0.25, 0.3) is 10.9 Å². The average molecular weight is 346 g/mol. The Morgan fingerprint density at radius 1 is 1.19 bits per heavy atom. The molecule has 1 aliphatic heterocycles. The van der Waals surface area contributed by atoms with E-state index in [9.17, 15) is 10.1 Å². The SMILES string of the molecule is Cc1ccc2nc(N3CCN(C(=O)c4ccco4)CC3)c(C#N)cc2c1. The molecule has 0 aliphatic carbocycles. The Morgan fingerprint density at radius 2 is 2.00 bits per heavy atom. The molecule has 6 nitrogen and oxygen atoms in total. The zero-order valence-electron chi connectivity index (χ0n) is 14.5. The van der Waals surface area contributed by atoms with Gasteiger partial charge >= 0.3 is 0 Å². The van der Waals surface area contributed by atoms with Gasteiger partial charge < -0.3 is 14.2 Å². The molecular weight excluding hydrogens is 328 g/mol. The maximum Gasteiger partial charge on any atom is 0.289 e. The van der Waals surface area contributed by atoms with Crippen molar-refractivity contribution in [2.75, 3.05) is 31.1 Å². The van der Waals surface area contributed by atoms with Crippen LogP contribution in [0.3, 0.4) is 0 Å². The third-order valence-corrected chi connectivity index (χ3v) is 4.67. The predicted molar refractivity (Wildman–Crippen MR) is 98.0 cm³/mol. The second-order valence-corrected chi connectivity index (χ2v) is 6.42. The molecule has 3 heterocycles. The Labute approximate surface area is 151 Å². The lowest BCUT2D eigenvalue weighted by molar-refractivity contribution is 0.0714. The minimum Gasteiger partial charge on any atom is -0.459 e. The van der Waals surface area contributed by atoms with Crippen molar-refractivity contribution in [3.63, 3.8) is 0 Å². The number of hydrogen-bond acceptors (Lipinski definition) is 5. The molecule has 2 aromatic heterocycles. The van der Waals surface area contributed by atoms with Gasteiger partial charge in [-0.1, -0.05) is 11.6 Å². The van der Waals surface area contributed by atoms with Gasteiger partial charge in [0.25, 0.3) is 5.91 Å². The predicted octanol–water partition coefficient (Wildman–Crippen LogP) is 2.97. The highest BCUT2D eigenvalue weighted by Gasteiger charge is 2.25. The molecule has 4 rings (SSSR count). The van der Waals surface area contributed by atoms with Crippen LogP contribution in [0.5, 0.6) is 0 Å². The van der Waals surface area contributed by atoms with Gasteiger partial charge in [0, 0.05) is 31.6 Å². The van der Waals surface area contributed by atoms with Crippen LogP contribution >= 0.6 is 0 Å². The Hall–Kier alpha value is -3.33. The number of nitriles is 1. The average Bonchev–Trinajstić information content (AvgIpc) is 3.21. The van der Waals surface area contributed by atoms with Crippen LogP contribution in [-0.2, 0) is 0 Å². The highest BCUT2D eigenvalue weighted by atomic mass is 16.3. The molecule has 0 bridgehead atoms. The van der Waals surface area contributed by atoms with Gasteiger partial charge in [-0.25, -0.2) is 4.98 Å². The number of aryl methyl sites for hydroxylation is 1. The number of rotatable bonds is 2. The zero-order chi connectivity index (χ0) is 18.1. The lowest BCUT2D eigenvalue weighted by Crippen LogP contribution is -2.49. The van der Waals surface area contributed by atoms with Crippen molar-refractivity contribution in [3.8, 4) is 6.07 Å². The van der Waals surface area contributed by atoms with E-state index >= 15 is 0 Å². The molecule has 1 saturated heterocycles. The normalized spacial score (nSPS) is 14.5. The molecule has 6 heteroatoms. The maximum absolute atomic E-state index is 12.4. The topological polar surface area (TPSA) is 73.4 Å². The van der Waals surface area contributed by atoms with Crippen molar-refractivity contribution in [1.82, 2.24) is 9.88 Å². The highest BCUT2D eigenvalue weighted by molar-refractivity contribution is 5.91. The Balaban J connectivity index is 1.56. The second kappa shape index (κ2) is 6.52. The molecule has 130 valence electrons. The van der Waals surface area contributed by atoms with Crippen LogP contribution < -0.4 is 4.90 Å². The first-order chi connectivity index (χ1) is 12.7. The van der Waals surface area contributed by atoms with Crippen LogP contribution in [-0.4, -0.2) is 42.0 Å². The number of aromatic nitrogens is 1. The van der Waals surface area contributed by atoms with E-state index in [1.54, 1.807) is 17.0 Å². The van der Waals surface area contributed by atoms with Crippen LogP contribution in [0.2, 0.25) is 0 Å². The number of hydrogen-bond donors (Lipinski definition) is 0. The number of benzene rings is 1. The molecule has 0 saturated carbocycles. The summed E-state index contributed by atoms with van der Waals surface area (Å²) in [5.41, 5.74) is 2.58. The summed E-state index contributed by atoms with van der Waals surface area (Å²) in [6.45, 7) is 4.42. The standard InChI is InChI=1S/C20H18N4O2/c1-14-4-5-17-15(11-14)12-16(13-21)19(22-17)23-6-8-24(9-7-23)20(25)18-3-2-10-26-18/h2-5,10-12H,6-9H2,1H3. The summed E-state index contributed by atoms with van der Waals surface area (Å²) in [6, 6.07) is 13.6. The fraction of sp³-hybridized carbons (Fsp3) is 0.250. The lowest BCUT2D eigenvalue weighted by atomic mass is 10.1. The minimum absolute atomic E-state index is 0.0999. The highest BCUT2D eigenvalue weighted by Crippen LogP contribution is 2.25. The Kier molecular flexibility index (Phi) is 4.05. The largest absolute Gasteiger partial charge is 0.459 e. The van der Waals surface area contributed by atoms with Crippen molar-refractivity contribution < 1.29 is 9.21 Å². The first kappa shape index (κ1) is 16.2. The quantitative estimate of drug-likeness (QED) is 0.713.